The average Bonchev–Trinajstić information content (AvgIpc) is 2.85. The van der Waals surface area contributed by atoms with Crippen molar-refractivity contribution in [2.75, 3.05) is 14.1 Å². The number of ketones is 1. The lowest BCUT2D eigenvalue weighted by atomic mass is 9.88. The number of carbonyl (C=O) groups is 3. The molecule has 104 valence electrons. The van der Waals surface area contributed by atoms with E-state index in [-0.39, 0.29) is 5.78 Å². The molecule has 5 heteroatoms. The summed E-state index contributed by atoms with van der Waals surface area (Å²) in [5.74, 6) is -0.803. The summed E-state index contributed by atoms with van der Waals surface area (Å²) in [5, 5.41) is 1.67. The van der Waals surface area contributed by atoms with E-state index in [0.29, 0.717) is 11.1 Å². The van der Waals surface area contributed by atoms with Gasteiger partial charge in [0.05, 0.1) is 0 Å². The Kier molecular flexibility index (Phi) is 2.01. The topological polar surface area (TPSA) is 57.7 Å². The molecule has 2 aliphatic rings. The number of Topliss-reactive ketones (excluding diaryl/α,β-unsaturated/α-hetero) is 1. The summed E-state index contributed by atoms with van der Waals surface area (Å²) in [5.41, 5.74) is -0.424. The van der Waals surface area contributed by atoms with Gasteiger partial charge in [-0.3, -0.25) is 14.5 Å². The smallest absolute Gasteiger partial charge is 0.302 e. The highest BCUT2D eigenvalue weighted by atomic mass is 16.2. The first-order valence-electron chi connectivity index (χ1n) is 6.64. The van der Waals surface area contributed by atoms with Gasteiger partial charge < -0.3 is 4.90 Å². The fourth-order valence-corrected chi connectivity index (χ4v) is 3.54. The van der Waals surface area contributed by atoms with Crippen LogP contribution < -0.4 is 0 Å². The number of amides is 3. The monoisotopic (exact) mass is 280 g/mol. The molecule has 1 aliphatic heterocycles. The summed E-state index contributed by atoms with van der Waals surface area (Å²) >= 11 is 0. The summed E-state index contributed by atoms with van der Waals surface area (Å²) in [6, 6.07) is 10.4. The van der Waals surface area contributed by atoms with Crippen molar-refractivity contribution in [3.63, 3.8) is 0 Å². The molecule has 2 aromatic carbocycles. The summed E-state index contributed by atoms with van der Waals surface area (Å²) in [4.78, 5) is 40.1. The Morgan fingerprint density at radius 1 is 0.952 bits per heavy atom. The van der Waals surface area contributed by atoms with Crippen molar-refractivity contribution in [3.05, 3.63) is 47.5 Å². The van der Waals surface area contributed by atoms with Crippen LogP contribution in [0.2, 0.25) is 0 Å². The van der Waals surface area contributed by atoms with E-state index in [1.54, 1.807) is 18.2 Å². The van der Waals surface area contributed by atoms with Crippen LogP contribution in [0.5, 0.6) is 0 Å². The summed E-state index contributed by atoms with van der Waals surface area (Å²) in [7, 11) is 2.92. The van der Waals surface area contributed by atoms with Gasteiger partial charge in [-0.15, -0.1) is 0 Å². The minimum atomic E-state index is -1.53. The van der Waals surface area contributed by atoms with Crippen molar-refractivity contribution < 1.29 is 14.4 Å². The highest BCUT2D eigenvalue weighted by Crippen LogP contribution is 2.47. The zero-order chi connectivity index (χ0) is 14.9. The quantitative estimate of drug-likeness (QED) is 0.545. The Labute approximate surface area is 120 Å². The predicted octanol–water partition coefficient (Wildman–Crippen LogP) is 1.76. The van der Waals surface area contributed by atoms with Gasteiger partial charge in [0.15, 0.2) is 0 Å². The molecule has 1 fully saturated rings. The van der Waals surface area contributed by atoms with Crippen LogP contribution in [0.1, 0.15) is 15.9 Å². The molecule has 3 amide bonds. The SMILES string of the molecule is CN1C(=O)N(C)[C@@]2(C(=O)c3cccc4cccc2c34)C1=O. The van der Waals surface area contributed by atoms with Crippen molar-refractivity contribution in [1.29, 1.82) is 0 Å². The molecule has 5 nitrogen and oxygen atoms in total. The number of nitrogens with zero attached hydrogens (tertiary/aromatic N) is 2. The lowest BCUT2D eigenvalue weighted by Gasteiger charge is -2.27. The van der Waals surface area contributed by atoms with Gasteiger partial charge in [-0.1, -0.05) is 36.4 Å². The fourth-order valence-electron chi connectivity index (χ4n) is 3.54. The maximum absolute atomic E-state index is 13.0. The third kappa shape index (κ3) is 1.08. The number of hydrogen-bond donors (Lipinski definition) is 0. The van der Waals surface area contributed by atoms with Crippen molar-refractivity contribution >= 4 is 28.5 Å². The normalized spacial score (nSPS) is 24.0. The standard InChI is InChI=1S/C16H12N2O3/c1-17-14(20)16(18(2)15(17)21)11-8-4-6-9-5-3-7-10(12(9)11)13(16)19/h3-8H,1-2H3/t16-/m0/s1. The van der Waals surface area contributed by atoms with Crippen molar-refractivity contribution in [3.8, 4) is 0 Å². The van der Waals surface area contributed by atoms with Crippen molar-refractivity contribution in [2.24, 2.45) is 0 Å². The van der Waals surface area contributed by atoms with Gasteiger partial charge in [0.1, 0.15) is 0 Å². The van der Waals surface area contributed by atoms with Crippen LogP contribution >= 0.6 is 0 Å². The fraction of sp³-hybridized carbons (Fsp3) is 0.188. The molecule has 1 heterocycles. The molecule has 1 saturated heterocycles. The Morgan fingerprint density at radius 3 is 2.24 bits per heavy atom. The van der Waals surface area contributed by atoms with Crippen LogP contribution in [0.15, 0.2) is 36.4 Å². The van der Waals surface area contributed by atoms with E-state index in [4.69, 9.17) is 0 Å². The van der Waals surface area contributed by atoms with Crippen LogP contribution in [0.4, 0.5) is 4.79 Å². The number of urea groups is 1. The average molecular weight is 280 g/mol. The third-order valence-electron chi connectivity index (χ3n) is 4.56. The molecular formula is C16H12N2O3. The van der Waals surface area contributed by atoms with Gasteiger partial charge in [-0.25, -0.2) is 4.79 Å². The highest BCUT2D eigenvalue weighted by Gasteiger charge is 2.64. The number of benzene rings is 2. The number of rotatable bonds is 0. The second kappa shape index (κ2) is 3.49. The van der Waals surface area contributed by atoms with Crippen LogP contribution in [-0.2, 0) is 10.3 Å². The molecule has 0 unspecified atom stereocenters. The van der Waals surface area contributed by atoms with Crippen LogP contribution in [-0.4, -0.2) is 41.6 Å². The minimum Gasteiger partial charge on any atom is -0.302 e. The van der Waals surface area contributed by atoms with Gasteiger partial charge in [-0.2, -0.15) is 0 Å². The Morgan fingerprint density at radius 2 is 1.62 bits per heavy atom. The van der Waals surface area contributed by atoms with Gasteiger partial charge in [0.2, 0.25) is 11.3 Å². The zero-order valence-corrected chi connectivity index (χ0v) is 11.6. The first-order chi connectivity index (χ1) is 10.0. The molecule has 0 aromatic heterocycles. The van der Waals surface area contributed by atoms with Gasteiger partial charge in [0.25, 0.3) is 5.91 Å². The van der Waals surface area contributed by atoms with Crippen molar-refractivity contribution in [2.45, 2.75) is 5.54 Å². The van der Waals surface area contributed by atoms with Gasteiger partial charge in [0, 0.05) is 25.2 Å². The molecule has 1 spiro atoms. The third-order valence-corrected chi connectivity index (χ3v) is 4.56. The maximum Gasteiger partial charge on any atom is 0.327 e. The predicted molar refractivity (Wildman–Crippen MR) is 75.9 cm³/mol. The van der Waals surface area contributed by atoms with Gasteiger partial charge >= 0.3 is 6.03 Å². The maximum atomic E-state index is 13.0. The number of fused-ring (bicyclic) bond motifs is 1. The Bertz CT molecular complexity index is 852. The number of carbonyl (C=O) groups excluding carboxylic acids is 3. The van der Waals surface area contributed by atoms with E-state index in [1.807, 2.05) is 18.2 Å². The van der Waals surface area contributed by atoms with E-state index in [0.717, 1.165) is 15.7 Å². The lowest BCUT2D eigenvalue weighted by Crippen LogP contribution is -2.49. The van der Waals surface area contributed by atoms with E-state index >= 15 is 0 Å². The zero-order valence-electron chi connectivity index (χ0n) is 11.6. The molecular weight excluding hydrogens is 268 g/mol. The number of hydrogen-bond acceptors (Lipinski definition) is 3. The molecule has 2 aromatic rings. The molecule has 0 N–H and O–H groups in total. The summed E-state index contributed by atoms with van der Waals surface area (Å²) in [6.07, 6.45) is 0. The number of likely N-dealkylation sites (N-methyl/N-ethyl adjacent to an activating group) is 2. The Balaban J connectivity index is 2.16. The molecule has 4 rings (SSSR count). The van der Waals surface area contributed by atoms with E-state index in [1.165, 1.54) is 19.0 Å². The number of imide groups is 1. The lowest BCUT2D eigenvalue weighted by molar-refractivity contribution is -0.130. The molecule has 0 bridgehead atoms. The second-order valence-electron chi connectivity index (χ2n) is 5.45. The van der Waals surface area contributed by atoms with Crippen LogP contribution in [0, 0.1) is 0 Å². The molecule has 21 heavy (non-hydrogen) atoms. The summed E-state index contributed by atoms with van der Waals surface area (Å²) < 4.78 is 0. The van der Waals surface area contributed by atoms with E-state index < -0.39 is 17.5 Å². The largest absolute Gasteiger partial charge is 0.327 e. The highest BCUT2D eigenvalue weighted by molar-refractivity contribution is 6.33. The minimum absolute atomic E-state index is 0.320. The first-order valence-corrected chi connectivity index (χ1v) is 6.64. The van der Waals surface area contributed by atoms with Crippen LogP contribution in [0.3, 0.4) is 0 Å². The molecule has 1 aliphatic carbocycles. The van der Waals surface area contributed by atoms with Crippen LogP contribution in [0.25, 0.3) is 10.8 Å². The summed E-state index contributed by atoms with van der Waals surface area (Å²) in [6.45, 7) is 0. The van der Waals surface area contributed by atoms with E-state index in [2.05, 4.69) is 0 Å². The van der Waals surface area contributed by atoms with E-state index in [9.17, 15) is 14.4 Å². The molecule has 0 saturated carbocycles. The molecule has 0 radical (unpaired) electrons. The van der Waals surface area contributed by atoms with Gasteiger partial charge in [-0.05, 0) is 10.8 Å². The second-order valence-corrected chi connectivity index (χ2v) is 5.45. The Hall–Kier alpha value is -2.69. The molecule has 1 atom stereocenters. The van der Waals surface area contributed by atoms with Crippen molar-refractivity contribution in [1.82, 2.24) is 9.80 Å². The first kappa shape index (κ1) is 12.1.